The molecule has 6 heteroatoms. The standard InChI is InChI=1S/C11H13Cl2N3O/c1-7-4-2-3-5-16(7)11(17)8-6-9(12)14-15-10(8)13/h6-7H,2-5H2,1H3. The Balaban J connectivity index is 2.26. The number of hydrogen-bond acceptors (Lipinski definition) is 3. The van der Waals surface area contributed by atoms with Crippen LogP contribution in [0.5, 0.6) is 0 Å². The summed E-state index contributed by atoms with van der Waals surface area (Å²) in [5.41, 5.74) is 0.334. The number of amides is 1. The van der Waals surface area contributed by atoms with Crippen molar-refractivity contribution in [1.29, 1.82) is 0 Å². The van der Waals surface area contributed by atoms with Crippen molar-refractivity contribution in [2.45, 2.75) is 32.2 Å². The van der Waals surface area contributed by atoms with Crippen molar-refractivity contribution in [3.63, 3.8) is 0 Å². The fraction of sp³-hybridized carbons (Fsp3) is 0.545. The number of halogens is 2. The molecule has 1 atom stereocenters. The Labute approximate surface area is 110 Å². The van der Waals surface area contributed by atoms with Gasteiger partial charge in [-0.1, -0.05) is 23.2 Å². The van der Waals surface area contributed by atoms with Crippen LogP contribution in [0.15, 0.2) is 6.07 Å². The van der Waals surface area contributed by atoms with E-state index in [4.69, 9.17) is 23.2 Å². The molecule has 0 N–H and O–H groups in total. The number of likely N-dealkylation sites (tertiary alicyclic amines) is 1. The second-order valence-electron chi connectivity index (χ2n) is 4.21. The molecule has 2 heterocycles. The minimum Gasteiger partial charge on any atom is -0.336 e. The first-order chi connectivity index (χ1) is 8.09. The maximum Gasteiger partial charge on any atom is 0.257 e. The van der Waals surface area contributed by atoms with Gasteiger partial charge < -0.3 is 4.90 Å². The number of carbonyl (C=O) groups is 1. The van der Waals surface area contributed by atoms with Crippen LogP contribution in [0.2, 0.25) is 10.3 Å². The molecule has 1 aromatic rings. The summed E-state index contributed by atoms with van der Waals surface area (Å²) < 4.78 is 0. The summed E-state index contributed by atoms with van der Waals surface area (Å²) in [7, 11) is 0. The van der Waals surface area contributed by atoms with Crippen molar-refractivity contribution in [3.05, 3.63) is 21.9 Å². The summed E-state index contributed by atoms with van der Waals surface area (Å²) in [5.74, 6) is -0.112. The highest BCUT2D eigenvalue weighted by Gasteiger charge is 2.26. The monoisotopic (exact) mass is 273 g/mol. The molecular weight excluding hydrogens is 261 g/mol. The molecule has 1 aromatic heterocycles. The average molecular weight is 274 g/mol. The Morgan fingerprint density at radius 3 is 2.88 bits per heavy atom. The molecule has 1 amide bonds. The van der Waals surface area contributed by atoms with Crippen molar-refractivity contribution in [2.75, 3.05) is 6.54 Å². The summed E-state index contributed by atoms with van der Waals surface area (Å²) in [6, 6.07) is 1.71. The Morgan fingerprint density at radius 1 is 1.41 bits per heavy atom. The number of rotatable bonds is 1. The van der Waals surface area contributed by atoms with E-state index in [-0.39, 0.29) is 22.3 Å². The summed E-state index contributed by atoms with van der Waals surface area (Å²) in [6.45, 7) is 2.80. The number of nitrogens with zero attached hydrogens (tertiary/aromatic N) is 3. The molecule has 17 heavy (non-hydrogen) atoms. The first-order valence-electron chi connectivity index (χ1n) is 5.59. The highest BCUT2D eigenvalue weighted by Crippen LogP contribution is 2.23. The van der Waals surface area contributed by atoms with Gasteiger partial charge in [-0.25, -0.2) is 0 Å². The number of piperidine rings is 1. The van der Waals surface area contributed by atoms with Crippen molar-refractivity contribution < 1.29 is 4.79 Å². The van der Waals surface area contributed by atoms with Gasteiger partial charge in [-0.05, 0) is 32.3 Å². The second kappa shape index (κ2) is 5.19. The van der Waals surface area contributed by atoms with Crippen LogP contribution in [-0.2, 0) is 0 Å². The van der Waals surface area contributed by atoms with Crippen LogP contribution < -0.4 is 0 Å². The molecule has 1 unspecified atom stereocenters. The molecule has 2 rings (SSSR count). The van der Waals surface area contributed by atoms with Gasteiger partial charge >= 0.3 is 0 Å². The first-order valence-corrected chi connectivity index (χ1v) is 6.35. The van der Waals surface area contributed by atoms with Crippen LogP contribution in [0.3, 0.4) is 0 Å². The van der Waals surface area contributed by atoms with E-state index >= 15 is 0 Å². The highest BCUT2D eigenvalue weighted by atomic mass is 35.5. The number of carbonyl (C=O) groups excluding carboxylic acids is 1. The zero-order valence-corrected chi connectivity index (χ0v) is 11.0. The van der Waals surface area contributed by atoms with Crippen LogP contribution in [0.4, 0.5) is 0 Å². The molecule has 92 valence electrons. The summed E-state index contributed by atoms with van der Waals surface area (Å²) in [5, 5.41) is 7.55. The lowest BCUT2D eigenvalue weighted by Crippen LogP contribution is -2.42. The molecule has 1 aliphatic rings. The summed E-state index contributed by atoms with van der Waals surface area (Å²) in [4.78, 5) is 14.1. The van der Waals surface area contributed by atoms with Crippen LogP contribution in [-0.4, -0.2) is 33.6 Å². The number of hydrogen-bond donors (Lipinski definition) is 0. The van der Waals surface area contributed by atoms with E-state index in [1.807, 2.05) is 11.8 Å². The van der Waals surface area contributed by atoms with E-state index in [0.29, 0.717) is 5.56 Å². The topological polar surface area (TPSA) is 46.1 Å². The maximum absolute atomic E-state index is 12.3. The number of aromatic nitrogens is 2. The first kappa shape index (κ1) is 12.6. The van der Waals surface area contributed by atoms with Gasteiger partial charge in [0.1, 0.15) is 0 Å². The van der Waals surface area contributed by atoms with E-state index in [1.165, 1.54) is 6.07 Å². The van der Waals surface area contributed by atoms with Crippen LogP contribution in [0, 0.1) is 0 Å². The van der Waals surface area contributed by atoms with Gasteiger partial charge in [-0.15, -0.1) is 10.2 Å². The quantitative estimate of drug-likeness (QED) is 0.791. The lowest BCUT2D eigenvalue weighted by Gasteiger charge is -2.33. The lowest BCUT2D eigenvalue weighted by molar-refractivity contribution is 0.0635. The molecule has 1 saturated heterocycles. The largest absolute Gasteiger partial charge is 0.336 e. The third-order valence-electron chi connectivity index (χ3n) is 3.01. The zero-order chi connectivity index (χ0) is 12.4. The van der Waals surface area contributed by atoms with Gasteiger partial charge in [0.15, 0.2) is 10.3 Å². The van der Waals surface area contributed by atoms with Crippen molar-refractivity contribution in [1.82, 2.24) is 15.1 Å². The minimum atomic E-state index is -0.112. The highest BCUT2D eigenvalue weighted by molar-refractivity contribution is 6.34. The van der Waals surface area contributed by atoms with Gasteiger partial charge in [0.25, 0.3) is 5.91 Å². The molecular formula is C11H13Cl2N3O. The fourth-order valence-electron chi connectivity index (χ4n) is 2.06. The van der Waals surface area contributed by atoms with Gasteiger partial charge in [0.05, 0.1) is 5.56 Å². The summed E-state index contributed by atoms with van der Waals surface area (Å²) in [6.07, 6.45) is 3.21. The molecule has 4 nitrogen and oxygen atoms in total. The fourth-order valence-corrected chi connectivity index (χ4v) is 2.38. The molecule has 0 bridgehead atoms. The van der Waals surface area contributed by atoms with Gasteiger partial charge in [-0.2, -0.15) is 0 Å². The van der Waals surface area contributed by atoms with Gasteiger partial charge in [0.2, 0.25) is 0 Å². The molecule has 0 aliphatic carbocycles. The third-order valence-corrected chi connectivity index (χ3v) is 3.48. The average Bonchev–Trinajstić information content (AvgIpc) is 2.32. The van der Waals surface area contributed by atoms with E-state index in [9.17, 15) is 4.79 Å². The molecule has 0 aromatic carbocycles. The van der Waals surface area contributed by atoms with Crippen molar-refractivity contribution in [3.8, 4) is 0 Å². The van der Waals surface area contributed by atoms with E-state index < -0.39 is 0 Å². The Kier molecular flexibility index (Phi) is 3.84. The molecule has 0 radical (unpaired) electrons. The summed E-state index contributed by atoms with van der Waals surface area (Å²) >= 11 is 11.6. The normalized spacial score (nSPS) is 20.4. The van der Waals surface area contributed by atoms with E-state index in [0.717, 1.165) is 25.8 Å². The van der Waals surface area contributed by atoms with Gasteiger partial charge in [0, 0.05) is 12.6 Å². The molecule has 1 aliphatic heterocycles. The molecule has 0 saturated carbocycles. The van der Waals surface area contributed by atoms with Crippen LogP contribution >= 0.6 is 23.2 Å². The van der Waals surface area contributed by atoms with E-state index in [1.54, 1.807) is 0 Å². The van der Waals surface area contributed by atoms with Crippen LogP contribution in [0.25, 0.3) is 0 Å². The lowest BCUT2D eigenvalue weighted by atomic mass is 10.0. The Bertz CT molecular complexity index is 439. The van der Waals surface area contributed by atoms with Crippen molar-refractivity contribution >= 4 is 29.1 Å². The molecule has 0 spiro atoms. The van der Waals surface area contributed by atoms with Crippen molar-refractivity contribution in [2.24, 2.45) is 0 Å². The Morgan fingerprint density at radius 2 is 2.18 bits per heavy atom. The Hall–Kier alpha value is -0.870. The third kappa shape index (κ3) is 2.69. The molecule has 1 fully saturated rings. The predicted molar refractivity (Wildman–Crippen MR) is 66.4 cm³/mol. The smallest absolute Gasteiger partial charge is 0.257 e. The van der Waals surface area contributed by atoms with E-state index in [2.05, 4.69) is 10.2 Å². The van der Waals surface area contributed by atoms with Gasteiger partial charge in [-0.3, -0.25) is 4.79 Å². The maximum atomic E-state index is 12.3. The second-order valence-corrected chi connectivity index (χ2v) is 4.96. The van der Waals surface area contributed by atoms with Crippen LogP contribution in [0.1, 0.15) is 36.5 Å². The minimum absolute atomic E-state index is 0.108. The SMILES string of the molecule is CC1CCCCN1C(=O)c1cc(Cl)nnc1Cl. The predicted octanol–water partition coefficient (Wildman–Crippen LogP) is 2.80. The zero-order valence-electron chi connectivity index (χ0n) is 9.49.